The highest BCUT2D eigenvalue weighted by atomic mass is 16.7. The number of aliphatic hydroxyl groups excluding tert-OH is 1. The predicted molar refractivity (Wildman–Crippen MR) is 178 cm³/mol. The molecular weight excluding hydrogens is 576 g/mol. The summed E-state index contributed by atoms with van der Waals surface area (Å²) >= 11 is 0. The molecule has 3 saturated heterocycles. The van der Waals surface area contributed by atoms with Crippen LogP contribution >= 0.6 is 0 Å². The molecule has 46 heavy (non-hydrogen) atoms. The first-order valence-corrected chi connectivity index (χ1v) is 18.2. The fraction of sp³-hybridized carbons (Fsp3) is 0.658. The maximum absolute atomic E-state index is 13.2. The van der Waals surface area contributed by atoms with Crippen LogP contribution in [0.25, 0.3) is 0 Å². The Bertz CT molecular complexity index is 1310. The van der Waals surface area contributed by atoms with E-state index >= 15 is 0 Å². The van der Waals surface area contributed by atoms with Crippen LogP contribution in [0.2, 0.25) is 0 Å². The van der Waals surface area contributed by atoms with E-state index in [0.29, 0.717) is 6.04 Å². The number of anilines is 1. The molecule has 4 aliphatic carbocycles. The molecule has 4 bridgehead atoms. The Hall–Kier alpha value is -2.49. The normalized spacial score (nSPS) is 35.9. The summed E-state index contributed by atoms with van der Waals surface area (Å²) in [6, 6.07) is 16.7. The van der Waals surface area contributed by atoms with E-state index in [2.05, 4.69) is 32.6 Å². The van der Waals surface area contributed by atoms with Gasteiger partial charge in [-0.1, -0.05) is 36.4 Å². The van der Waals surface area contributed by atoms with Gasteiger partial charge in [0.2, 0.25) is 0 Å². The lowest BCUT2D eigenvalue weighted by atomic mass is 9.53. The molecule has 3 N–H and O–H groups in total. The topological polar surface area (TPSA) is 86.3 Å². The SMILES string of the molecule is O=C(Nc1ccc([C@H]2O[C@@H](CN3CCC[C@H]3CN3CCCC3)C[C@@H](c3ccc(CO)cc3)O2)cc1)NC12CC3CC(CC(C3)C1)C2. The van der Waals surface area contributed by atoms with E-state index in [4.69, 9.17) is 9.47 Å². The van der Waals surface area contributed by atoms with Gasteiger partial charge in [0.05, 0.1) is 18.8 Å². The summed E-state index contributed by atoms with van der Waals surface area (Å²) in [6.45, 7) is 5.72. The van der Waals surface area contributed by atoms with E-state index in [1.54, 1.807) is 0 Å². The van der Waals surface area contributed by atoms with Crippen LogP contribution in [0.15, 0.2) is 48.5 Å². The standard InChI is InChI=1S/C38H52N4O4/c43-25-26-5-7-30(8-6-26)35-19-34(24-42-15-3-4-33(42)23-41-13-1-2-14-41)45-36(46-35)31-9-11-32(12-10-31)39-37(44)40-38-20-27-16-28(21-38)18-29(17-27)22-38/h5-12,27-29,33-36,43H,1-4,13-25H2,(H2,39,40,44)/t27?,28?,29?,33-,34+,35-,36-,38?/m0/s1. The van der Waals surface area contributed by atoms with Gasteiger partial charge in [-0.15, -0.1) is 0 Å². The number of carbonyl (C=O) groups is 1. The summed E-state index contributed by atoms with van der Waals surface area (Å²) in [7, 11) is 0. The van der Waals surface area contributed by atoms with Gasteiger partial charge >= 0.3 is 6.03 Å². The van der Waals surface area contributed by atoms with Crippen LogP contribution in [0.4, 0.5) is 10.5 Å². The van der Waals surface area contributed by atoms with Gasteiger partial charge in [0.1, 0.15) is 0 Å². The number of likely N-dealkylation sites (tertiary alicyclic amines) is 2. The summed E-state index contributed by atoms with van der Waals surface area (Å²) in [4.78, 5) is 18.5. The van der Waals surface area contributed by atoms with Crippen molar-refractivity contribution in [1.82, 2.24) is 15.1 Å². The molecule has 7 aliphatic rings. The maximum atomic E-state index is 13.2. The Kier molecular flexibility index (Phi) is 8.84. The number of hydrogen-bond donors (Lipinski definition) is 3. The van der Waals surface area contributed by atoms with Crippen molar-refractivity contribution < 1.29 is 19.4 Å². The molecule has 8 nitrogen and oxygen atoms in total. The Labute approximate surface area is 274 Å². The molecule has 248 valence electrons. The van der Waals surface area contributed by atoms with Crippen molar-refractivity contribution in [3.63, 3.8) is 0 Å². The van der Waals surface area contributed by atoms with Crippen LogP contribution in [0.5, 0.6) is 0 Å². The lowest BCUT2D eigenvalue weighted by Gasteiger charge is -2.56. The molecule has 0 spiro atoms. The Balaban J connectivity index is 0.937. The van der Waals surface area contributed by atoms with Gasteiger partial charge in [0, 0.05) is 42.3 Å². The summed E-state index contributed by atoms with van der Waals surface area (Å²) in [5.41, 5.74) is 3.76. The third-order valence-corrected chi connectivity index (χ3v) is 12.1. The van der Waals surface area contributed by atoms with Gasteiger partial charge in [0.25, 0.3) is 0 Å². The molecule has 0 unspecified atom stereocenters. The highest BCUT2D eigenvalue weighted by molar-refractivity contribution is 5.89. The zero-order chi connectivity index (χ0) is 31.1. The Morgan fingerprint density at radius 1 is 0.804 bits per heavy atom. The van der Waals surface area contributed by atoms with Crippen molar-refractivity contribution in [2.45, 2.75) is 107 Å². The number of nitrogens with one attached hydrogen (secondary N) is 2. The van der Waals surface area contributed by atoms with Crippen molar-refractivity contribution in [2.75, 3.05) is 38.0 Å². The van der Waals surface area contributed by atoms with E-state index in [-0.39, 0.29) is 30.4 Å². The van der Waals surface area contributed by atoms with Crippen LogP contribution in [-0.2, 0) is 16.1 Å². The quantitative estimate of drug-likeness (QED) is 0.299. The van der Waals surface area contributed by atoms with Crippen molar-refractivity contribution in [3.05, 3.63) is 65.2 Å². The van der Waals surface area contributed by atoms with Crippen molar-refractivity contribution in [3.8, 4) is 0 Å². The Morgan fingerprint density at radius 3 is 2.15 bits per heavy atom. The van der Waals surface area contributed by atoms with E-state index in [9.17, 15) is 9.90 Å². The number of aliphatic hydroxyl groups is 1. The first-order valence-electron chi connectivity index (χ1n) is 18.2. The zero-order valence-corrected chi connectivity index (χ0v) is 27.2. The highest BCUT2D eigenvalue weighted by Crippen LogP contribution is 2.55. The van der Waals surface area contributed by atoms with Crippen LogP contribution in [0.3, 0.4) is 0 Å². The number of nitrogens with zero attached hydrogens (tertiary/aromatic N) is 2. The van der Waals surface area contributed by atoms with Crippen LogP contribution in [0.1, 0.15) is 99.7 Å². The first kappa shape index (κ1) is 30.8. The summed E-state index contributed by atoms with van der Waals surface area (Å²) in [6.07, 6.45) is 12.9. The van der Waals surface area contributed by atoms with E-state index in [1.807, 2.05) is 36.4 Å². The van der Waals surface area contributed by atoms with Crippen LogP contribution < -0.4 is 10.6 Å². The number of ether oxygens (including phenoxy) is 2. The minimum atomic E-state index is -0.490. The van der Waals surface area contributed by atoms with Crippen molar-refractivity contribution >= 4 is 11.7 Å². The van der Waals surface area contributed by atoms with Gasteiger partial charge < -0.3 is 30.1 Å². The fourth-order valence-electron chi connectivity index (χ4n) is 10.3. The minimum absolute atomic E-state index is 0.00915. The molecule has 7 fully saturated rings. The number of rotatable bonds is 9. The fourth-order valence-corrected chi connectivity index (χ4v) is 10.3. The third kappa shape index (κ3) is 6.74. The van der Waals surface area contributed by atoms with E-state index < -0.39 is 6.29 Å². The molecule has 9 rings (SSSR count). The zero-order valence-electron chi connectivity index (χ0n) is 27.2. The monoisotopic (exact) mass is 628 g/mol. The van der Waals surface area contributed by atoms with Gasteiger partial charge in [-0.3, -0.25) is 4.90 Å². The number of benzene rings is 2. The predicted octanol–water partition coefficient (Wildman–Crippen LogP) is 6.37. The number of amides is 2. The average molecular weight is 629 g/mol. The van der Waals surface area contributed by atoms with Crippen molar-refractivity contribution in [1.29, 1.82) is 0 Å². The van der Waals surface area contributed by atoms with Gasteiger partial charge in [0.15, 0.2) is 6.29 Å². The summed E-state index contributed by atoms with van der Waals surface area (Å²) in [5, 5.41) is 16.1. The molecule has 0 aromatic heterocycles. The molecule has 3 heterocycles. The molecule has 2 aromatic carbocycles. The number of hydrogen-bond acceptors (Lipinski definition) is 6. The molecule has 2 aromatic rings. The Morgan fingerprint density at radius 2 is 1.48 bits per heavy atom. The summed E-state index contributed by atoms with van der Waals surface area (Å²) in [5.74, 6) is 2.38. The second kappa shape index (κ2) is 13.2. The van der Waals surface area contributed by atoms with Gasteiger partial charge in [-0.25, -0.2) is 4.79 Å². The second-order valence-corrected chi connectivity index (χ2v) is 15.5. The lowest BCUT2D eigenvalue weighted by Crippen LogP contribution is -2.60. The highest BCUT2D eigenvalue weighted by Gasteiger charge is 2.51. The molecule has 0 radical (unpaired) electrons. The lowest BCUT2D eigenvalue weighted by molar-refractivity contribution is -0.253. The van der Waals surface area contributed by atoms with E-state index in [1.165, 1.54) is 64.6 Å². The average Bonchev–Trinajstić information content (AvgIpc) is 3.73. The number of carbonyl (C=O) groups excluding carboxylic acids is 1. The van der Waals surface area contributed by atoms with Gasteiger partial charge in [-0.2, -0.15) is 0 Å². The first-order chi connectivity index (χ1) is 22.5. The molecule has 4 saturated carbocycles. The molecule has 8 heteroatoms. The molecule has 4 atom stereocenters. The third-order valence-electron chi connectivity index (χ3n) is 12.1. The molecule has 2 amide bonds. The van der Waals surface area contributed by atoms with Gasteiger partial charge in [-0.05, 0) is 125 Å². The maximum Gasteiger partial charge on any atom is 0.319 e. The summed E-state index contributed by atoms with van der Waals surface area (Å²) < 4.78 is 13.3. The van der Waals surface area contributed by atoms with Crippen LogP contribution in [-0.4, -0.2) is 71.3 Å². The van der Waals surface area contributed by atoms with Crippen LogP contribution in [0, 0.1) is 17.8 Å². The van der Waals surface area contributed by atoms with E-state index in [0.717, 1.165) is 78.9 Å². The molecular formula is C38H52N4O4. The van der Waals surface area contributed by atoms with Crippen molar-refractivity contribution in [2.24, 2.45) is 17.8 Å². The smallest absolute Gasteiger partial charge is 0.319 e. The number of urea groups is 1. The second-order valence-electron chi connectivity index (χ2n) is 15.5. The molecule has 3 aliphatic heterocycles. The minimum Gasteiger partial charge on any atom is -0.392 e. The largest absolute Gasteiger partial charge is 0.392 e.